The topological polar surface area (TPSA) is 53.6 Å². The Hall–Kier alpha value is -2.12. The summed E-state index contributed by atoms with van der Waals surface area (Å²) in [5.41, 5.74) is 5.41. The van der Waals surface area contributed by atoms with Crippen molar-refractivity contribution in [3.63, 3.8) is 0 Å². The molecule has 0 aliphatic heterocycles. The number of hydrogen-bond acceptors (Lipinski definition) is 3. The third kappa shape index (κ3) is 3.06. The highest BCUT2D eigenvalue weighted by molar-refractivity contribution is 5.32. The van der Waals surface area contributed by atoms with Crippen LogP contribution in [0.15, 0.2) is 24.3 Å². The lowest BCUT2D eigenvalue weighted by molar-refractivity contribution is 0.655. The molecule has 1 N–H and O–H groups in total. The summed E-state index contributed by atoms with van der Waals surface area (Å²) in [5, 5.41) is 16.8. The van der Waals surface area contributed by atoms with Gasteiger partial charge in [-0.05, 0) is 38.1 Å². The number of hydrogen-bond donors (Lipinski definition) is 1. The Balaban J connectivity index is 2.18. The molecule has 0 atom stereocenters. The highest BCUT2D eigenvalue weighted by Crippen LogP contribution is 2.15. The SMILES string of the molecule is CCNCc1c(C)nn(Cc2ccc(C#N)cc2)c1C. The molecule has 4 heteroatoms. The molecule has 1 aromatic heterocycles. The molecular formula is C16H20N4. The van der Waals surface area contributed by atoms with Gasteiger partial charge in [-0.2, -0.15) is 10.4 Å². The average Bonchev–Trinajstić information content (AvgIpc) is 2.72. The van der Waals surface area contributed by atoms with Crippen LogP contribution in [0.25, 0.3) is 0 Å². The van der Waals surface area contributed by atoms with Crippen LogP contribution in [-0.4, -0.2) is 16.3 Å². The number of aromatic nitrogens is 2. The number of nitrogens with one attached hydrogen (secondary N) is 1. The van der Waals surface area contributed by atoms with E-state index in [1.807, 2.05) is 28.9 Å². The van der Waals surface area contributed by atoms with Gasteiger partial charge in [0.1, 0.15) is 0 Å². The van der Waals surface area contributed by atoms with E-state index in [4.69, 9.17) is 5.26 Å². The lowest BCUT2D eigenvalue weighted by Crippen LogP contribution is -2.13. The zero-order valence-corrected chi connectivity index (χ0v) is 12.3. The second-order valence-corrected chi connectivity index (χ2v) is 4.90. The molecule has 0 aliphatic carbocycles. The molecule has 2 aromatic rings. The highest BCUT2D eigenvalue weighted by atomic mass is 15.3. The van der Waals surface area contributed by atoms with Gasteiger partial charge in [-0.1, -0.05) is 19.1 Å². The minimum Gasteiger partial charge on any atom is -0.313 e. The van der Waals surface area contributed by atoms with Crippen molar-refractivity contribution in [2.24, 2.45) is 0 Å². The van der Waals surface area contributed by atoms with Crippen molar-refractivity contribution in [1.82, 2.24) is 15.1 Å². The lowest BCUT2D eigenvalue weighted by Gasteiger charge is -2.06. The Labute approximate surface area is 120 Å². The summed E-state index contributed by atoms with van der Waals surface area (Å²) in [4.78, 5) is 0. The van der Waals surface area contributed by atoms with Crippen LogP contribution in [0, 0.1) is 25.2 Å². The van der Waals surface area contributed by atoms with E-state index in [1.165, 1.54) is 11.3 Å². The van der Waals surface area contributed by atoms with Crippen LogP contribution in [0.1, 0.15) is 35.0 Å². The second-order valence-electron chi connectivity index (χ2n) is 4.90. The van der Waals surface area contributed by atoms with Gasteiger partial charge in [-0.15, -0.1) is 0 Å². The van der Waals surface area contributed by atoms with Crippen LogP contribution in [-0.2, 0) is 13.1 Å². The Bertz CT molecular complexity index is 617. The molecule has 0 bridgehead atoms. The Morgan fingerprint density at radius 1 is 1.25 bits per heavy atom. The molecule has 0 saturated carbocycles. The Kier molecular flexibility index (Phi) is 4.54. The van der Waals surface area contributed by atoms with Crippen molar-refractivity contribution < 1.29 is 0 Å². The molecule has 104 valence electrons. The first-order valence-corrected chi connectivity index (χ1v) is 6.88. The maximum atomic E-state index is 8.81. The third-order valence-corrected chi connectivity index (χ3v) is 3.50. The average molecular weight is 268 g/mol. The van der Waals surface area contributed by atoms with Gasteiger partial charge in [-0.25, -0.2) is 0 Å². The zero-order valence-electron chi connectivity index (χ0n) is 12.3. The fourth-order valence-corrected chi connectivity index (χ4v) is 2.25. The van der Waals surface area contributed by atoms with E-state index in [2.05, 4.69) is 37.3 Å². The maximum absolute atomic E-state index is 8.81. The van der Waals surface area contributed by atoms with E-state index in [0.717, 1.165) is 30.9 Å². The molecule has 0 radical (unpaired) electrons. The minimum atomic E-state index is 0.690. The summed E-state index contributed by atoms with van der Waals surface area (Å²) in [5.74, 6) is 0. The first kappa shape index (κ1) is 14.3. The Morgan fingerprint density at radius 2 is 1.95 bits per heavy atom. The molecule has 0 amide bonds. The molecule has 1 heterocycles. The number of nitrogens with zero attached hydrogens (tertiary/aromatic N) is 3. The quantitative estimate of drug-likeness (QED) is 0.906. The number of nitriles is 1. The van der Waals surface area contributed by atoms with Crippen LogP contribution in [0.2, 0.25) is 0 Å². The van der Waals surface area contributed by atoms with Crippen molar-refractivity contribution in [2.75, 3.05) is 6.54 Å². The minimum absolute atomic E-state index is 0.690. The monoisotopic (exact) mass is 268 g/mol. The molecule has 0 aliphatic rings. The molecule has 20 heavy (non-hydrogen) atoms. The molecule has 2 rings (SSSR count). The number of rotatable bonds is 5. The van der Waals surface area contributed by atoms with Crippen molar-refractivity contribution in [2.45, 2.75) is 33.9 Å². The predicted octanol–water partition coefficient (Wildman–Crippen LogP) is 2.53. The van der Waals surface area contributed by atoms with E-state index < -0.39 is 0 Å². The zero-order chi connectivity index (χ0) is 14.5. The largest absolute Gasteiger partial charge is 0.313 e. The van der Waals surface area contributed by atoms with Gasteiger partial charge in [0.2, 0.25) is 0 Å². The fourth-order valence-electron chi connectivity index (χ4n) is 2.25. The normalized spacial score (nSPS) is 10.5. The van der Waals surface area contributed by atoms with E-state index in [-0.39, 0.29) is 0 Å². The summed E-state index contributed by atoms with van der Waals surface area (Å²) in [6.45, 7) is 8.82. The Morgan fingerprint density at radius 3 is 2.55 bits per heavy atom. The van der Waals surface area contributed by atoms with Crippen LogP contribution in [0.5, 0.6) is 0 Å². The molecule has 0 spiro atoms. The summed E-state index contributed by atoms with van der Waals surface area (Å²) in [6.07, 6.45) is 0. The highest BCUT2D eigenvalue weighted by Gasteiger charge is 2.11. The standard InChI is InChI=1S/C16H20N4/c1-4-18-10-16-12(2)19-20(13(16)3)11-15-7-5-14(9-17)6-8-15/h5-8,18H,4,10-11H2,1-3H3. The van der Waals surface area contributed by atoms with Crippen LogP contribution >= 0.6 is 0 Å². The lowest BCUT2D eigenvalue weighted by atomic mass is 10.1. The van der Waals surface area contributed by atoms with Crippen molar-refractivity contribution in [3.05, 3.63) is 52.3 Å². The molecule has 1 aromatic carbocycles. The van der Waals surface area contributed by atoms with Crippen LogP contribution < -0.4 is 5.32 Å². The van der Waals surface area contributed by atoms with Crippen molar-refractivity contribution in [1.29, 1.82) is 5.26 Å². The maximum Gasteiger partial charge on any atom is 0.0991 e. The summed E-state index contributed by atoms with van der Waals surface area (Å²) < 4.78 is 2.03. The first-order valence-electron chi connectivity index (χ1n) is 6.88. The van der Waals surface area contributed by atoms with Gasteiger partial charge in [0.05, 0.1) is 23.9 Å². The molecular weight excluding hydrogens is 248 g/mol. The van der Waals surface area contributed by atoms with Crippen molar-refractivity contribution in [3.8, 4) is 6.07 Å². The molecule has 0 unspecified atom stereocenters. The van der Waals surface area contributed by atoms with Gasteiger partial charge in [0.25, 0.3) is 0 Å². The van der Waals surface area contributed by atoms with Crippen LogP contribution in [0.3, 0.4) is 0 Å². The first-order chi connectivity index (χ1) is 9.65. The predicted molar refractivity (Wildman–Crippen MR) is 79.3 cm³/mol. The smallest absolute Gasteiger partial charge is 0.0991 e. The number of benzene rings is 1. The molecule has 0 fully saturated rings. The summed E-state index contributed by atoms with van der Waals surface area (Å²) in [6, 6.07) is 9.80. The van der Waals surface area contributed by atoms with E-state index in [0.29, 0.717) is 5.56 Å². The van der Waals surface area contributed by atoms with Gasteiger partial charge < -0.3 is 5.32 Å². The fraction of sp³-hybridized carbons (Fsp3) is 0.375. The third-order valence-electron chi connectivity index (χ3n) is 3.50. The summed E-state index contributed by atoms with van der Waals surface area (Å²) >= 11 is 0. The van der Waals surface area contributed by atoms with Gasteiger partial charge >= 0.3 is 0 Å². The summed E-state index contributed by atoms with van der Waals surface area (Å²) in [7, 11) is 0. The van der Waals surface area contributed by atoms with Crippen molar-refractivity contribution >= 4 is 0 Å². The van der Waals surface area contributed by atoms with E-state index in [9.17, 15) is 0 Å². The molecule has 4 nitrogen and oxygen atoms in total. The van der Waals surface area contributed by atoms with Gasteiger partial charge in [-0.3, -0.25) is 4.68 Å². The van der Waals surface area contributed by atoms with Gasteiger partial charge in [0.15, 0.2) is 0 Å². The second kappa shape index (κ2) is 6.36. The van der Waals surface area contributed by atoms with Crippen LogP contribution in [0.4, 0.5) is 0 Å². The van der Waals surface area contributed by atoms with E-state index in [1.54, 1.807) is 0 Å². The van der Waals surface area contributed by atoms with E-state index >= 15 is 0 Å². The van der Waals surface area contributed by atoms with Gasteiger partial charge in [0, 0.05) is 17.8 Å². The molecule has 0 saturated heterocycles. The number of aryl methyl sites for hydroxylation is 1.